The Morgan fingerprint density at radius 1 is 1.17 bits per heavy atom. The van der Waals surface area contributed by atoms with Gasteiger partial charge >= 0.3 is 0 Å². The molecule has 10 nitrogen and oxygen atoms in total. The number of aromatic amines is 1. The number of para-hydroxylation sites is 1. The number of nitrogens with one attached hydrogen (secondary N) is 2. The highest BCUT2D eigenvalue weighted by molar-refractivity contribution is 8.00. The van der Waals surface area contributed by atoms with E-state index in [0.717, 1.165) is 12.1 Å². The number of nitrogens with zero attached hydrogens (tertiary/aromatic N) is 3. The lowest BCUT2D eigenvalue weighted by Gasteiger charge is -2.11. The highest BCUT2D eigenvalue weighted by atomic mass is 32.2. The molecule has 0 aliphatic heterocycles. The van der Waals surface area contributed by atoms with Crippen molar-refractivity contribution >= 4 is 40.1 Å². The van der Waals surface area contributed by atoms with E-state index < -0.39 is 29.8 Å². The summed E-state index contributed by atoms with van der Waals surface area (Å²) in [6.45, 7) is 1.30. The Bertz CT molecular complexity index is 1740. The van der Waals surface area contributed by atoms with Crippen LogP contribution in [0.25, 0.3) is 16.6 Å². The first-order chi connectivity index (χ1) is 20.3. The largest absolute Gasteiger partial charge is 0.433 e. The van der Waals surface area contributed by atoms with Crippen LogP contribution >= 0.6 is 11.9 Å². The summed E-state index contributed by atoms with van der Waals surface area (Å²) in [5, 5.41) is 4.95. The van der Waals surface area contributed by atoms with E-state index in [1.165, 1.54) is 48.3 Å². The summed E-state index contributed by atoms with van der Waals surface area (Å²) in [6.07, 6.45) is 3.12. The lowest BCUT2D eigenvalue weighted by molar-refractivity contribution is -0.177. The van der Waals surface area contributed by atoms with E-state index in [0.29, 0.717) is 45.8 Å². The number of hydrogen-bond donors (Lipinski definition) is 3. The van der Waals surface area contributed by atoms with Gasteiger partial charge in [-0.2, -0.15) is 9.99 Å². The van der Waals surface area contributed by atoms with Crippen molar-refractivity contribution in [1.82, 2.24) is 19.7 Å². The van der Waals surface area contributed by atoms with Gasteiger partial charge in [-0.25, -0.2) is 18.4 Å². The maximum atomic E-state index is 14.0. The molecule has 0 amide bonds. The molecule has 42 heavy (non-hydrogen) atoms. The summed E-state index contributed by atoms with van der Waals surface area (Å²) < 4.78 is 50.2. The van der Waals surface area contributed by atoms with Crippen LogP contribution in [0, 0.1) is 18.6 Å². The van der Waals surface area contributed by atoms with Gasteiger partial charge in [-0.05, 0) is 49.2 Å². The standard InChI is InChI=1S/C28H25F3N6O4S/c1-15-9-25(40-27-18(30)5-3-6-19(27)31)33-14-23(15)37-28(32)17(13-34-37)26(38)22-10-16-11-24(41-39-2)21(12-20(16)35-22)36-42-8-4-7-29/h3,5-6,9-14,35-36H,4,7-8,32H2,1-2H3. The first-order valence-corrected chi connectivity index (χ1v) is 13.6. The van der Waals surface area contributed by atoms with Crippen molar-refractivity contribution < 1.29 is 32.5 Å². The van der Waals surface area contributed by atoms with Crippen molar-refractivity contribution in [2.45, 2.75) is 13.3 Å². The molecule has 3 heterocycles. The molecular formula is C28H25F3N6O4S. The lowest BCUT2D eigenvalue weighted by Crippen LogP contribution is -2.09. The highest BCUT2D eigenvalue weighted by Gasteiger charge is 2.22. The third-order valence-corrected chi connectivity index (χ3v) is 7.02. The zero-order valence-corrected chi connectivity index (χ0v) is 23.2. The fourth-order valence-electron chi connectivity index (χ4n) is 4.13. The minimum absolute atomic E-state index is 0.0353. The minimum Gasteiger partial charge on any atom is -0.433 e. The third-order valence-electron chi connectivity index (χ3n) is 6.16. The van der Waals surface area contributed by atoms with Crippen molar-refractivity contribution in [2.75, 3.05) is 30.0 Å². The number of benzene rings is 2. The smallest absolute Gasteiger partial charge is 0.219 e. The number of ether oxygens (including phenoxy) is 1. The maximum Gasteiger partial charge on any atom is 0.219 e. The van der Waals surface area contributed by atoms with Gasteiger partial charge in [0.15, 0.2) is 17.4 Å². The minimum atomic E-state index is -0.864. The monoisotopic (exact) mass is 598 g/mol. The summed E-state index contributed by atoms with van der Waals surface area (Å²) in [5.41, 5.74) is 8.97. The van der Waals surface area contributed by atoms with Crippen LogP contribution in [-0.4, -0.2) is 45.1 Å². The van der Waals surface area contributed by atoms with Crippen molar-refractivity contribution in [3.05, 3.63) is 83.3 Å². The number of nitrogen functional groups attached to an aromatic ring is 1. The molecule has 0 unspecified atom stereocenters. The summed E-state index contributed by atoms with van der Waals surface area (Å²) >= 11 is 1.32. The fourth-order valence-corrected chi connectivity index (χ4v) is 4.80. The van der Waals surface area contributed by atoms with Crippen LogP contribution in [0.1, 0.15) is 28.0 Å². The van der Waals surface area contributed by atoms with Crippen molar-refractivity contribution in [1.29, 1.82) is 0 Å². The molecule has 218 valence electrons. The second-order valence-electron chi connectivity index (χ2n) is 9.01. The predicted molar refractivity (Wildman–Crippen MR) is 153 cm³/mol. The second kappa shape index (κ2) is 12.4. The van der Waals surface area contributed by atoms with Gasteiger partial charge in [-0.3, -0.25) is 9.18 Å². The summed E-state index contributed by atoms with van der Waals surface area (Å²) in [5.74, 6) is -1.74. The van der Waals surface area contributed by atoms with Gasteiger partial charge in [-0.15, -0.1) is 0 Å². The molecule has 14 heteroatoms. The first kappa shape index (κ1) is 28.8. The van der Waals surface area contributed by atoms with Gasteiger partial charge in [0.2, 0.25) is 17.4 Å². The SMILES string of the molecule is COOc1cc2cc(C(=O)c3cnn(-c4cnc(Oc5c(F)cccc5F)cc4C)c3N)[nH]c2cc1NSCCCF. The summed E-state index contributed by atoms with van der Waals surface area (Å²) in [6, 6.07) is 9.96. The Morgan fingerprint density at radius 3 is 2.67 bits per heavy atom. The number of fused-ring (bicyclic) bond motifs is 1. The molecule has 0 atom stereocenters. The zero-order valence-electron chi connectivity index (χ0n) is 22.4. The van der Waals surface area contributed by atoms with Crippen LogP contribution < -0.4 is 20.1 Å². The van der Waals surface area contributed by atoms with E-state index >= 15 is 0 Å². The van der Waals surface area contributed by atoms with E-state index in [2.05, 4.69) is 19.8 Å². The number of pyridine rings is 1. The molecule has 4 N–H and O–H groups in total. The molecule has 0 fully saturated rings. The molecule has 0 aliphatic carbocycles. The Hall–Kier alpha value is -4.69. The number of anilines is 2. The van der Waals surface area contributed by atoms with Gasteiger partial charge in [0.1, 0.15) is 5.82 Å². The number of hydrogen-bond acceptors (Lipinski definition) is 9. The third kappa shape index (κ3) is 5.85. The average Bonchev–Trinajstić information content (AvgIpc) is 3.56. The lowest BCUT2D eigenvalue weighted by atomic mass is 10.1. The number of aryl methyl sites for hydroxylation is 1. The highest BCUT2D eigenvalue weighted by Crippen LogP contribution is 2.34. The quantitative estimate of drug-likeness (QED) is 0.0498. The van der Waals surface area contributed by atoms with Crippen molar-refractivity contribution in [3.63, 3.8) is 0 Å². The average molecular weight is 599 g/mol. The number of halogens is 3. The number of nitrogens with two attached hydrogens (primary N) is 1. The van der Waals surface area contributed by atoms with E-state index in [1.807, 2.05) is 0 Å². The van der Waals surface area contributed by atoms with Crippen molar-refractivity contribution in [2.24, 2.45) is 0 Å². The molecule has 0 spiro atoms. The van der Waals surface area contributed by atoms with Gasteiger partial charge in [-0.1, -0.05) is 18.0 Å². The number of aromatic nitrogens is 4. The van der Waals surface area contributed by atoms with Gasteiger partial charge < -0.3 is 25.1 Å². The molecule has 0 bridgehead atoms. The number of alkyl halides is 1. The van der Waals surface area contributed by atoms with Crippen LogP contribution in [0.4, 0.5) is 24.7 Å². The summed E-state index contributed by atoms with van der Waals surface area (Å²) in [4.78, 5) is 30.8. The molecule has 0 aliphatic rings. The predicted octanol–water partition coefficient (Wildman–Crippen LogP) is 6.30. The van der Waals surface area contributed by atoms with Gasteiger partial charge in [0.05, 0.1) is 48.8 Å². The van der Waals surface area contributed by atoms with Crippen LogP contribution in [0.5, 0.6) is 17.4 Å². The number of rotatable bonds is 12. The topological polar surface area (TPSA) is 129 Å². The van der Waals surface area contributed by atoms with E-state index in [1.54, 1.807) is 25.1 Å². The van der Waals surface area contributed by atoms with E-state index in [-0.39, 0.29) is 23.0 Å². The van der Waals surface area contributed by atoms with Crippen LogP contribution in [0.2, 0.25) is 0 Å². The number of carbonyl (C=O) groups excluding carboxylic acids is 1. The molecule has 0 saturated heterocycles. The number of ketones is 1. The Kier molecular flexibility index (Phi) is 8.54. The Morgan fingerprint density at radius 2 is 1.95 bits per heavy atom. The van der Waals surface area contributed by atoms with E-state index in [9.17, 15) is 18.0 Å². The molecule has 5 rings (SSSR count). The summed E-state index contributed by atoms with van der Waals surface area (Å²) in [7, 11) is 1.37. The Labute approximate surface area is 242 Å². The van der Waals surface area contributed by atoms with Crippen LogP contribution in [0.15, 0.2) is 54.9 Å². The van der Waals surface area contributed by atoms with Crippen LogP contribution in [0.3, 0.4) is 0 Å². The molecule has 2 aromatic carbocycles. The van der Waals surface area contributed by atoms with E-state index in [4.69, 9.17) is 20.2 Å². The van der Waals surface area contributed by atoms with Crippen molar-refractivity contribution in [3.8, 4) is 23.1 Å². The molecule has 0 radical (unpaired) electrons. The first-order valence-electron chi connectivity index (χ1n) is 12.6. The van der Waals surface area contributed by atoms with Crippen LogP contribution in [-0.2, 0) is 4.89 Å². The van der Waals surface area contributed by atoms with Gasteiger partial charge in [0, 0.05) is 22.7 Å². The molecule has 0 saturated carbocycles. The zero-order chi connectivity index (χ0) is 29.8. The fraction of sp³-hybridized carbons (Fsp3) is 0.179. The Balaban J connectivity index is 1.39. The second-order valence-corrected chi connectivity index (χ2v) is 9.91. The molecule has 3 aromatic heterocycles. The maximum absolute atomic E-state index is 14.0. The molecule has 5 aromatic rings. The number of carbonyl (C=O) groups is 1. The molecular weight excluding hydrogens is 573 g/mol. The normalized spacial score (nSPS) is 11.2. The number of H-pyrrole nitrogens is 1. The van der Waals surface area contributed by atoms with Gasteiger partial charge in [0.25, 0.3) is 0 Å².